The van der Waals surface area contributed by atoms with E-state index < -0.39 is 10.8 Å². The van der Waals surface area contributed by atoms with Crippen LogP contribution in [0.15, 0.2) is 71.2 Å². The van der Waals surface area contributed by atoms with Crippen LogP contribution in [0.3, 0.4) is 0 Å². The number of hydrogen-bond donors (Lipinski definition) is 1. The second-order valence-corrected chi connectivity index (χ2v) is 7.27. The van der Waals surface area contributed by atoms with Gasteiger partial charge in [0, 0.05) is 23.9 Å². The Kier molecular flexibility index (Phi) is 5.51. The molecule has 0 fully saturated rings. The summed E-state index contributed by atoms with van der Waals surface area (Å²) in [7, 11) is 0. The van der Waals surface area contributed by atoms with Crippen LogP contribution in [0.4, 0.5) is 11.4 Å². The number of aromatic nitrogens is 1. The van der Waals surface area contributed by atoms with Crippen molar-refractivity contribution in [2.24, 2.45) is 0 Å². The van der Waals surface area contributed by atoms with Crippen LogP contribution < -0.4 is 5.32 Å². The number of rotatable bonds is 5. The Bertz CT molecular complexity index is 1340. The Morgan fingerprint density at radius 3 is 2.81 bits per heavy atom. The van der Waals surface area contributed by atoms with Gasteiger partial charge in [0.05, 0.1) is 15.5 Å². The molecule has 1 amide bonds. The number of nitro benzene ring substituents is 1. The lowest BCUT2D eigenvalue weighted by atomic mass is 10.2. The molecule has 0 unspecified atom stereocenters. The van der Waals surface area contributed by atoms with Crippen molar-refractivity contribution < 1.29 is 14.1 Å². The monoisotopic (exact) mass is 433 g/mol. The third-order valence-electron chi connectivity index (χ3n) is 4.52. The number of fused-ring (bicyclic) bond motifs is 1. The van der Waals surface area contributed by atoms with Crippen LogP contribution >= 0.6 is 11.6 Å². The first-order valence-electron chi connectivity index (χ1n) is 9.30. The van der Waals surface area contributed by atoms with Gasteiger partial charge in [-0.1, -0.05) is 29.8 Å². The number of carbonyl (C=O) groups is 1. The van der Waals surface area contributed by atoms with Crippen molar-refractivity contribution in [2.75, 3.05) is 5.32 Å². The summed E-state index contributed by atoms with van der Waals surface area (Å²) in [6.07, 6.45) is 2.80. The van der Waals surface area contributed by atoms with Gasteiger partial charge in [-0.3, -0.25) is 14.9 Å². The van der Waals surface area contributed by atoms with Crippen molar-refractivity contribution in [1.29, 1.82) is 0 Å². The lowest BCUT2D eigenvalue weighted by Crippen LogP contribution is -2.07. The van der Waals surface area contributed by atoms with Crippen molar-refractivity contribution in [3.05, 3.63) is 93.0 Å². The van der Waals surface area contributed by atoms with E-state index in [-0.39, 0.29) is 5.69 Å². The van der Waals surface area contributed by atoms with Crippen LogP contribution in [0, 0.1) is 17.0 Å². The third-order valence-corrected chi connectivity index (χ3v) is 4.85. The molecule has 1 heterocycles. The van der Waals surface area contributed by atoms with E-state index in [1.165, 1.54) is 24.3 Å². The molecule has 0 aliphatic heterocycles. The van der Waals surface area contributed by atoms with Crippen LogP contribution in [0.5, 0.6) is 0 Å². The fourth-order valence-corrected chi connectivity index (χ4v) is 3.21. The Morgan fingerprint density at radius 1 is 1.16 bits per heavy atom. The fraction of sp³-hybridized carbons (Fsp3) is 0.0435. The number of oxazole rings is 1. The van der Waals surface area contributed by atoms with Gasteiger partial charge in [0.25, 0.3) is 5.69 Å². The molecule has 0 bridgehead atoms. The number of anilines is 1. The lowest BCUT2D eigenvalue weighted by Gasteiger charge is -2.06. The highest BCUT2D eigenvalue weighted by molar-refractivity contribution is 6.33. The smallest absolute Gasteiger partial charge is 0.270 e. The summed E-state index contributed by atoms with van der Waals surface area (Å²) >= 11 is 6.33. The van der Waals surface area contributed by atoms with Crippen molar-refractivity contribution >= 4 is 46.1 Å². The number of nitrogens with zero attached hydrogens (tertiary/aromatic N) is 2. The average molecular weight is 434 g/mol. The molecule has 0 radical (unpaired) electrons. The van der Waals surface area contributed by atoms with Crippen LogP contribution in [-0.2, 0) is 4.79 Å². The van der Waals surface area contributed by atoms with Crippen molar-refractivity contribution in [3.8, 4) is 11.5 Å². The quantitative estimate of drug-likeness (QED) is 0.236. The number of non-ortho nitro benzene ring substituents is 1. The second kappa shape index (κ2) is 8.41. The number of benzene rings is 3. The summed E-state index contributed by atoms with van der Waals surface area (Å²) in [6.45, 7) is 1.96. The first-order chi connectivity index (χ1) is 14.9. The highest BCUT2D eigenvalue weighted by atomic mass is 35.5. The summed E-state index contributed by atoms with van der Waals surface area (Å²) in [5.74, 6) is -0.0400. The maximum Gasteiger partial charge on any atom is 0.270 e. The Hall–Kier alpha value is -3.97. The summed E-state index contributed by atoms with van der Waals surface area (Å²) in [5, 5.41) is 14.0. The van der Waals surface area contributed by atoms with Gasteiger partial charge in [-0.25, -0.2) is 4.98 Å². The first-order valence-corrected chi connectivity index (χ1v) is 9.67. The van der Waals surface area contributed by atoms with E-state index in [0.717, 1.165) is 5.56 Å². The Labute approximate surface area is 182 Å². The van der Waals surface area contributed by atoms with Crippen molar-refractivity contribution in [2.45, 2.75) is 6.92 Å². The number of amides is 1. The van der Waals surface area contributed by atoms with Crippen LogP contribution in [0.1, 0.15) is 11.1 Å². The van der Waals surface area contributed by atoms with Gasteiger partial charge in [0.1, 0.15) is 5.52 Å². The van der Waals surface area contributed by atoms with E-state index in [0.29, 0.717) is 38.8 Å². The van der Waals surface area contributed by atoms with Gasteiger partial charge in [-0.15, -0.1) is 0 Å². The summed E-state index contributed by atoms with van der Waals surface area (Å²) in [6, 6.07) is 16.7. The fourth-order valence-electron chi connectivity index (χ4n) is 3.01. The maximum atomic E-state index is 12.3. The Balaban J connectivity index is 1.54. The number of aryl methyl sites for hydroxylation is 1. The van der Waals surface area contributed by atoms with E-state index in [4.69, 9.17) is 16.0 Å². The molecule has 7 nitrogen and oxygen atoms in total. The van der Waals surface area contributed by atoms with Gasteiger partial charge < -0.3 is 9.73 Å². The number of nitrogens with one attached hydrogen (secondary N) is 1. The minimum absolute atomic E-state index is 0.0431. The number of carbonyl (C=O) groups excluding carboxylic acids is 1. The molecular weight excluding hydrogens is 418 g/mol. The van der Waals surface area contributed by atoms with Crippen LogP contribution in [-0.4, -0.2) is 15.8 Å². The zero-order valence-corrected chi connectivity index (χ0v) is 17.1. The minimum Gasteiger partial charge on any atom is -0.436 e. The molecule has 4 rings (SSSR count). The first kappa shape index (κ1) is 20.3. The highest BCUT2D eigenvalue weighted by Crippen LogP contribution is 2.32. The summed E-state index contributed by atoms with van der Waals surface area (Å²) in [5.41, 5.74) is 3.98. The molecule has 154 valence electrons. The molecule has 0 saturated carbocycles. The molecule has 8 heteroatoms. The summed E-state index contributed by atoms with van der Waals surface area (Å²) in [4.78, 5) is 27.2. The molecule has 4 aromatic rings. The van der Waals surface area contributed by atoms with Crippen molar-refractivity contribution in [3.63, 3.8) is 0 Å². The van der Waals surface area contributed by atoms with Gasteiger partial charge in [-0.05, 0) is 54.5 Å². The molecule has 31 heavy (non-hydrogen) atoms. The SMILES string of the molecule is Cc1ccc2nc(-c3cc(NC(=O)C=Cc4cccc([N+](=O)[O-])c4)ccc3Cl)oc2c1. The molecule has 1 N–H and O–H groups in total. The second-order valence-electron chi connectivity index (χ2n) is 6.86. The van der Waals surface area contributed by atoms with Gasteiger partial charge >= 0.3 is 0 Å². The van der Waals surface area contributed by atoms with Gasteiger partial charge in [0.15, 0.2) is 5.58 Å². The molecular formula is C23H16ClN3O4. The molecule has 0 spiro atoms. The lowest BCUT2D eigenvalue weighted by molar-refractivity contribution is -0.384. The molecule has 1 aromatic heterocycles. The minimum atomic E-state index is -0.486. The summed E-state index contributed by atoms with van der Waals surface area (Å²) < 4.78 is 5.83. The standard InChI is InChI=1S/C23H16ClN3O4/c1-14-5-9-20-21(11-14)31-23(26-20)18-13-16(7-8-19(18)24)25-22(28)10-6-15-3-2-4-17(12-15)27(29)30/h2-13H,1H3,(H,25,28). The molecule has 3 aromatic carbocycles. The van der Waals surface area contributed by atoms with Crippen LogP contribution in [0.25, 0.3) is 28.6 Å². The van der Waals surface area contributed by atoms with Gasteiger partial charge in [0.2, 0.25) is 11.8 Å². The van der Waals surface area contributed by atoms with E-state index in [1.54, 1.807) is 30.3 Å². The number of hydrogen-bond acceptors (Lipinski definition) is 5. The predicted molar refractivity (Wildman–Crippen MR) is 120 cm³/mol. The van der Waals surface area contributed by atoms with E-state index in [1.807, 2.05) is 25.1 Å². The van der Waals surface area contributed by atoms with E-state index in [9.17, 15) is 14.9 Å². The molecule has 0 aliphatic rings. The molecule has 0 atom stereocenters. The van der Waals surface area contributed by atoms with Crippen molar-refractivity contribution in [1.82, 2.24) is 4.98 Å². The maximum absolute atomic E-state index is 12.3. The average Bonchev–Trinajstić information content (AvgIpc) is 3.16. The third kappa shape index (κ3) is 4.62. The molecule has 0 aliphatic carbocycles. The van der Waals surface area contributed by atoms with Gasteiger partial charge in [-0.2, -0.15) is 0 Å². The number of nitro groups is 1. The zero-order valence-electron chi connectivity index (χ0n) is 16.3. The zero-order chi connectivity index (χ0) is 22.0. The van der Waals surface area contributed by atoms with E-state index in [2.05, 4.69) is 10.3 Å². The number of halogens is 1. The predicted octanol–water partition coefficient (Wildman–Crippen LogP) is 6.02. The van der Waals surface area contributed by atoms with E-state index >= 15 is 0 Å². The Morgan fingerprint density at radius 2 is 2.00 bits per heavy atom. The largest absolute Gasteiger partial charge is 0.436 e. The highest BCUT2D eigenvalue weighted by Gasteiger charge is 2.13. The van der Waals surface area contributed by atoms with Crippen LogP contribution in [0.2, 0.25) is 5.02 Å². The normalized spacial score (nSPS) is 11.2. The topological polar surface area (TPSA) is 98.3 Å². The molecule has 0 saturated heterocycles.